The number of hydrogen-bond acceptors (Lipinski definition) is 4. The van der Waals surface area contributed by atoms with Gasteiger partial charge in [0.25, 0.3) is 5.91 Å². The number of amides is 1. The minimum atomic E-state index is -0.837. The molecule has 0 heterocycles. The van der Waals surface area contributed by atoms with Gasteiger partial charge >= 0.3 is 0 Å². The first kappa shape index (κ1) is 19.5. The van der Waals surface area contributed by atoms with Crippen LogP contribution in [0.2, 0.25) is 0 Å². The maximum absolute atomic E-state index is 14.0. The zero-order valence-corrected chi connectivity index (χ0v) is 17.6. The lowest BCUT2D eigenvalue weighted by Gasteiger charge is -2.15. The number of hydroxylamine groups is 1. The van der Waals surface area contributed by atoms with Crippen LogP contribution in [0.1, 0.15) is 28.8 Å². The Morgan fingerprint density at radius 2 is 2.08 bits per heavy atom. The van der Waals surface area contributed by atoms with Gasteiger partial charge in [0.1, 0.15) is 12.4 Å². The SMILES string of the molecule is Cc1cc(I)ccc1Nc1cc(F)c(Br)cc1C(=O)NOCC1(O)CC1. The summed E-state index contributed by atoms with van der Waals surface area (Å²) in [5.41, 5.74) is 3.76. The molecule has 3 N–H and O–H groups in total. The van der Waals surface area contributed by atoms with E-state index < -0.39 is 17.3 Å². The highest BCUT2D eigenvalue weighted by Gasteiger charge is 2.41. The van der Waals surface area contributed by atoms with Crippen LogP contribution < -0.4 is 10.8 Å². The second-order valence-electron chi connectivity index (χ2n) is 6.34. The minimum Gasteiger partial charge on any atom is -0.387 e. The molecule has 26 heavy (non-hydrogen) atoms. The second-order valence-corrected chi connectivity index (χ2v) is 8.44. The van der Waals surface area contributed by atoms with Crippen molar-refractivity contribution in [3.8, 4) is 0 Å². The summed E-state index contributed by atoms with van der Waals surface area (Å²) >= 11 is 5.31. The van der Waals surface area contributed by atoms with E-state index in [0.717, 1.165) is 14.8 Å². The smallest absolute Gasteiger partial charge is 0.276 e. The van der Waals surface area contributed by atoms with Gasteiger partial charge in [-0.3, -0.25) is 9.63 Å². The van der Waals surface area contributed by atoms with E-state index >= 15 is 0 Å². The van der Waals surface area contributed by atoms with E-state index in [0.29, 0.717) is 18.5 Å². The summed E-state index contributed by atoms with van der Waals surface area (Å²) in [6, 6.07) is 8.43. The maximum atomic E-state index is 14.0. The summed E-state index contributed by atoms with van der Waals surface area (Å²) in [5.74, 6) is -1.01. The number of carbonyl (C=O) groups is 1. The van der Waals surface area contributed by atoms with Gasteiger partial charge in [0.2, 0.25) is 0 Å². The molecular weight excluding hydrogens is 518 g/mol. The van der Waals surface area contributed by atoms with Crippen molar-refractivity contribution in [1.82, 2.24) is 5.48 Å². The van der Waals surface area contributed by atoms with Crippen LogP contribution in [0.3, 0.4) is 0 Å². The van der Waals surface area contributed by atoms with E-state index in [1.165, 1.54) is 12.1 Å². The van der Waals surface area contributed by atoms with Crippen LogP contribution in [0.25, 0.3) is 0 Å². The van der Waals surface area contributed by atoms with Gasteiger partial charge < -0.3 is 10.4 Å². The average molecular weight is 535 g/mol. The van der Waals surface area contributed by atoms with Crippen molar-refractivity contribution >= 4 is 55.8 Å². The Bertz CT molecular complexity index is 859. The van der Waals surface area contributed by atoms with Crippen LogP contribution >= 0.6 is 38.5 Å². The third-order valence-corrected chi connectivity index (χ3v) is 5.37. The first-order chi connectivity index (χ1) is 12.3. The Morgan fingerprint density at radius 3 is 2.73 bits per heavy atom. The van der Waals surface area contributed by atoms with Crippen LogP contribution in [0.4, 0.5) is 15.8 Å². The van der Waals surface area contributed by atoms with E-state index in [-0.39, 0.29) is 16.6 Å². The molecule has 3 rings (SSSR count). The maximum Gasteiger partial charge on any atom is 0.276 e. The minimum absolute atomic E-state index is 0.0279. The number of halogens is 3. The Labute approximate surface area is 172 Å². The highest BCUT2D eigenvalue weighted by molar-refractivity contribution is 14.1. The Hall–Kier alpha value is -1.23. The van der Waals surface area contributed by atoms with Crippen molar-refractivity contribution in [2.75, 3.05) is 11.9 Å². The van der Waals surface area contributed by atoms with Gasteiger partial charge in [0.05, 0.1) is 21.3 Å². The van der Waals surface area contributed by atoms with E-state index in [2.05, 4.69) is 49.3 Å². The first-order valence-corrected chi connectivity index (χ1v) is 9.81. The van der Waals surface area contributed by atoms with Gasteiger partial charge in [0.15, 0.2) is 0 Å². The molecule has 0 spiro atoms. The third-order valence-electron chi connectivity index (χ3n) is 4.10. The van der Waals surface area contributed by atoms with Crippen molar-refractivity contribution in [2.24, 2.45) is 0 Å². The number of hydrogen-bond donors (Lipinski definition) is 3. The fraction of sp³-hybridized carbons (Fsp3) is 0.278. The van der Waals surface area contributed by atoms with Crippen molar-refractivity contribution in [3.05, 3.63) is 55.3 Å². The lowest BCUT2D eigenvalue weighted by molar-refractivity contribution is -0.0230. The lowest BCUT2D eigenvalue weighted by Crippen LogP contribution is -2.29. The van der Waals surface area contributed by atoms with Gasteiger partial charge in [-0.25, -0.2) is 9.87 Å². The molecule has 1 aliphatic carbocycles. The summed E-state index contributed by atoms with van der Waals surface area (Å²) < 4.78 is 15.3. The summed E-state index contributed by atoms with van der Waals surface area (Å²) in [7, 11) is 0. The Morgan fingerprint density at radius 1 is 1.35 bits per heavy atom. The summed E-state index contributed by atoms with van der Waals surface area (Å²) in [5, 5.41) is 12.9. The zero-order valence-electron chi connectivity index (χ0n) is 13.9. The molecule has 0 aliphatic heterocycles. The number of anilines is 2. The number of carbonyl (C=O) groups excluding carboxylic acids is 1. The van der Waals surface area contributed by atoms with E-state index in [1.54, 1.807) is 0 Å². The van der Waals surface area contributed by atoms with E-state index in [9.17, 15) is 14.3 Å². The van der Waals surface area contributed by atoms with Crippen LogP contribution in [0, 0.1) is 16.3 Å². The molecule has 0 aromatic heterocycles. The number of rotatable bonds is 6. The van der Waals surface area contributed by atoms with E-state index in [4.69, 9.17) is 4.84 Å². The molecule has 1 aliphatic rings. The molecular formula is C18H17BrFIN2O3. The number of aliphatic hydroxyl groups is 1. The molecule has 0 bridgehead atoms. The first-order valence-electron chi connectivity index (χ1n) is 7.94. The monoisotopic (exact) mass is 534 g/mol. The van der Waals surface area contributed by atoms with Crippen molar-refractivity contribution in [2.45, 2.75) is 25.4 Å². The molecule has 8 heteroatoms. The van der Waals surface area contributed by atoms with Gasteiger partial charge in [-0.05, 0) is 94.2 Å². The van der Waals surface area contributed by atoms with Crippen molar-refractivity contribution < 1.29 is 19.1 Å². The molecule has 0 atom stereocenters. The molecule has 1 amide bonds. The number of nitrogens with one attached hydrogen (secondary N) is 2. The fourth-order valence-electron chi connectivity index (χ4n) is 2.33. The molecule has 0 saturated heterocycles. The van der Waals surface area contributed by atoms with Crippen molar-refractivity contribution in [3.63, 3.8) is 0 Å². The molecule has 1 saturated carbocycles. The highest BCUT2D eigenvalue weighted by Crippen LogP contribution is 2.35. The van der Waals surface area contributed by atoms with E-state index in [1.807, 2.05) is 25.1 Å². The number of benzene rings is 2. The fourth-order valence-corrected chi connectivity index (χ4v) is 3.32. The highest BCUT2D eigenvalue weighted by atomic mass is 127. The van der Waals surface area contributed by atoms with Crippen LogP contribution in [-0.4, -0.2) is 23.2 Å². The third kappa shape index (κ3) is 4.73. The van der Waals surface area contributed by atoms with Crippen molar-refractivity contribution in [1.29, 1.82) is 0 Å². The lowest BCUT2D eigenvalue weighted by atomic mass is 10.1. The Kier molecular flexibility index (Phi) is 5.85. The summed E-state index contributed by atoms with van der Waals surface area (Å²) in [6.45, 7) is 1.96. The summed E-state index contributed by atoms with van der Waals surface area (Å²) in [6.07, 6.45) is 1.31. The second kappa shape index (κ2) is 7.79. The van der Waals surface area contributed by atoms with Crippen LogP contribution in [0.15, 0.2) is 34.8 Å². The summed E-state index contributed by atoms with van der Waals surface area (Å²) in [4.78, 5) is 17.6. The van der Waals surface area contributed by atoms with Crippen LogP contribution in [0.5, 0.6) is 0 Å². The molecule has 0 radical (unpaired) electrons. The number of aryl methyl sites for hydroxylation is 1. The largest absolute Gasteiger partial charge is 0.387 e. The van der Waals surface area contributed by atoms with Gasteiger partial charge in [-0.2, -0.15) is 0 Å². The zero-order chi connectivity index (χ0) is 18.9. The molecule has 5 nitrogen and oxygen atoms in total. The topological polar surface area (TPSA) is 70.6 Å². The molecule has 1 fully saturated rings. The molecule has 2 aromatic carbocycles. The Balaban J connectivity index is 1.81. The normalized spacial score (nSPS) is 14.8. The van der Waals surface area contributed by atoms with Gasteiger partial charge in [-0.1, -0.05) is 0 Å². The van der Waals surface area contributed by atoms with Gasteiger partial charge in [0, 0.05) is 9.26 Å². The predicted molar refractivity (Wildman–Crippen MR) is 109 cm³/mol. The standard InChI is InChI=1S/C18H17BrFIN2O3/c1-10-6-11(21)2-3-15(10)22-16-8-14(20)13(19)7-12(16)17(24)23-26-9-18(25)4-5-18/h2-3,6-8,22,25H,4-5,9H2,1H3,(H,23,24). The van der Waals surface area contributed by atoms with Gasteiger partial charge in [-0.15, -0.1) is 0 Å². The quantitative estimate of drug-likeness (QED) is 0.379. The molecule has 0 unspecified atom stereocenters. The van der Waals surface area contributed by atoms with Crippen LogP contribution in [-0.2, 0) is 4.84 Å². The predicted octanol–water partition coefficient (Wildman–Crippen LogP) is 4.43. The molecule has 2 aromatic rings. The average Bonchev–Trinajstić information content (AvgIpc) is 3.30. The molecule has 138 valence electrons.